The highest BCUT2D eigenvalue weighted by Crippen LogP contribution is 2.21. The number of nitrogens with zero attached hydrogens (tertiary/aromatic N) is 2. The third kappa shape index (κ3) is 3.27. The molecular weight excluding hydrogens is 262 g/mol. The largest absolute Gasteiger partial charge is 0.464 e. The molecule has 1 aliphatic rings. The van der Waals surface area contributed by atoms with E-state index in [4.69, 9.17) is 4.42 Å². The van der Waals surface area contributed by atoms with Crippen LogP contribution < -0.4 is 10.2 Å². The van der Waals surface area contributed by atoms with E-state index in [2.05, 4.69) is 47.2 Å². The second kappa shape index (κ2) is 6.31. The molecule has 3 heterocycles. The van der Waals surface area contributed by atoms with Gasteiger partial charge in [-0.05, 0) is 37.6 Å². The van der Waals surface area contributed by atoms with Gasteiger partial charge in [-0.1, -0.05) is 13.0 Å². The minimum Gasteiger partial charge on any atom is -0.464 e. The number of hydrogen-bond acceptors (Lipinski definition) is 4. The number of hydrogen-bond donors (Lipinski definition) is 1. The Morgan fingerprint density at radius 3 is 3.00 bits per heavy atom. The maximum Gasteiger partial charge on any atom is 0.128 e. The lowest BCUT2D eigenvalue weighted by Gasteiger charge is -2.20. The van der Waals surface area contributed by atoms with Crippen LogP contribution in [0, 0.1) is 0 Å². The topological polar surface area (TPSA) is 41.3 Å². The fourth-order valence-corrected chi connectivity index (χ4v) is 2.90. The summed E-state index contributed by atoms with van der Waals surface area (Å²) in [5.74, 6) is 3.16. The molecular formula is C17H23N3O. The number of anilines is 1. The first-order valence-corrected chi connectivity index (χ1v) is 7.77. The molecule has 0 aliphatic carbocycles. The average Bonchev–Trinajstić information content (AvgIpc) is 3.17. The number of rotatable bonds is 5. The molecule has 4 nitrogen and oxygen atoms in total. The molecule has 0 amide bonds. The molecule has 0 aromatic carbocycles. The molecule has 4 heteroatoms. The molecule has 1 aliphatic heterocycles. The lowest BCUT2D eigenvalue weighted by Crippen LogP contribution is -2.34. The first-order valence-electron chi connectivity index (χ1n) is 7.77. The van der Waals surface area contributed by atoms with Gasteiger partial charge in [0, 0.05) is 31.7 Å². The summed E-state index contributed by atoms with van der Waals surface area (Å²) in [5, 5.41) is 3.67. The zero-order valence-corrected chi connectivity index (χ0v) is 12.7. The van der Waals surface area contributed by atoms with Gasteiger partial charge in [-0.15, -0.1) is 0 Å². The van der Waals surface area contributed by atoms with Gasteiger partial charge in [0.2, 0.25) is 0 Å². The lowest BCUT2D eigenvalue weighted by molar-refractivity contribution is 0.384. The Labute approximate surface area is 126 Å². The Kier molecular flexibility index (Phi) is 4.25. The van der Waals surface area contributed by atoms with Crippen molar-refractivity contribution in [3.63, 3.8) is 0 Å². The fraction of sp³-hybridized carbons (Fsp3) is 0.471. The number of aromatic nitrogens is 1. The normalized spacial score (nSPS) is 19.9. The van der Waals surface area contributed by atoms with E-state index in [-0.39, 0.29) is 6.04 Å². The van der Waals surface area contributed by atoms with Crippen LogP contribution in [0.4, 0.5) is 5.82 Å². The van der Waals surface area contributed by atoms with Gasteiger partial charge in [-0.2, -0.15) is 0 Å². The number of nitrogens with one attached hydrogen (secondary N) is 1. The van der Waals surface area contributed by atoms with Gasteiger partial charge in [0.1, 0.15) is 17.3 Å². The average molecular weight is 285 g/mol. The molecule has 1 saturated heterocycles. The number of furan rings is 1. The molecule has 3 rings (SSSR count). The summed E-state index contributed by atoms with van der Waals surface area (Å²) in [7, 11) is 0. The molecule has 1 fully saturated rings. The molecule has 2 aromatic rings. The van der Waals surface area contributed by atoms with Gasteiger partial charge < -0.3 is 14.6 Å². The van der Waals surface area contributed by atoms with Crippen LogP contribution in [0.5, 0.6) is 0 Å². The van der Waals surface area contributed by atoms with Gasteiger partial charge in [0.25, 0.3) is 0 Å². The second-order valence-corrected chi connectivity index (χ2v) is 5.67. The van der Waals surface area contributed by atoms with Crippen LogP contribution in [0.25, 0.3) is 0 Å². The molecule has 112 valence electrons. The predicted octanol–water partition coefficient (Wildman–Crippen LogP) is 3.17. The van der Waals surface area contributed by atoms with E-state index in [9.17, 15) is 0 Å². The van der Waals surface area contributed by atoms with Crippen LogP contribution in [0.1, 0.15) is 37.8 Å². The minimum absolute atomic E-state index is 0.249. The van der Waals surface area contributed by atoms with Crippen LogP contribution in [0.15, 0.2) is 40.9 Å². The van der Waals surface area contributed by atoms with Gasteiger partial charge in [-0.25, -0.2) is 4.98 Å². The Morgan fingerprint density at radius 1 is 1.38 bits per heavy atom. The van der Waals surface area contributed by atoms with Crippen LogP contribution in [-0.4, -0.2) is 24.1 Å². The van der Waals surface area contributed by atoms with Crippen molar-refractivity contribution >= 4 is 5.82 Å². The Morgan fingerprint density at radius 2 is 2.29 bits per heavy atom. The fourth-order valence-electron chi connectivity index (χ4n) is 2.90. The second-order valence-electron chi connectivity index (χ2n) is 5.67. The van der Waals surface area contributed by atoms with E-state index >= 15 is 0 Å². The van der Waals surface area contributed by atoms with Crippen LogP contribution in [-0.2, 0) is 6.42 Å². The highest BCUT2D eigenvalue weighted by molar-refractivity contribution is 5.39. The van der Waals surface area contributed by atoms with Crippen molar-refractivity contribution in [1.29, 1.82) is 0 Å². The van der Waals surface area contributed by atoms with E-state index in [1.165, 1.54) is 0 Å². The molecule has 0 radical (unpaired) electrons. The van der Waals surface area contributed by atoms with Crippen molar-refractivity contribution in [2.75, 3.05) is 18.0 Å². The number of aryl methyl sites for hydroxylation is 1. The zero-order chi connectivity index (χ0) is 14.7. The molecule has 0 bridgehead atoms. The SMILES string of the molecule is CCc1ccc(C(C)NC2CCN(c3ccccn3)C2)o1. The smallest absolute Gasteiger partial charge is 0.128 e. The first-order chi connectivity index (χ1) is 10.3. The third-order valence-corrected chi connectivity index (χ3v) is 4.10. The Bertz CT molecular complexity index is 566. The molecule has 0 saturated carbocycles. The monoisotopic (exact) mass is 285 g/mol. The first kappa shape index (κ1) is 14.1. The summed E-state index contributed by atoms with van der Waals surface area (Å²) in [5.41, 5.74) is 0. The highest BCUT2D eigenvalue weighted by Gasteiger charge is 2.25. The highest BCUT2D eigenvalue weighted by atomic mass is 16.3. The predicted molar refractivity (Wildman–Crippen MR) is 84.5 cm³/mol. The van der Waals surface area contributed by atoms with E-state index < -0.39 is 0 Å². The van der Waals surface area contributed by atoms with Gasteiger partial charge in [0.15, 0.2) is 0 Å². The van der Waals surface area contributed by atoms with E-state index in [1.807, 2.05) is 18.3 Å². The molecule has 2 aromatic heterocycles. The standard InChI is InChI=1S/C17H23N3O/c1-3-15-7-8-16(21-15)13(2)19-14-9-11-20(12-14)17-6-4-5-10-18-17/h4-8,10,13-14,19H,3,9,11-12H2,1-2H3. The maximum absolute atomic E-state index is 5.83. The van der Waals surface area contributed by atoms with Crippen molar-refractivity contribution in [1.82, 2.24) is 10.3 Å². The Balaban J connectivity index is 1.57. The quantitative estimate of drug-likeness (QED) is 0.916. The summed E-state index contributed by atoms with van der Waals surface area (Å²) >= 11 is 0. The van der Waals surface area contributed by atoms with Crippen molar-refractivity contribution < 1.29 is 4.42 Å². The van der Waals surface area contributed by atoms with E-state index in [0.29, 0.717) is 6.04 Å². The summed E-state index contributed by atoms with van der Waals surface area (Å²) in [6, 6.07) is 11.0. The summed E-state index contributed by atoms with van der Waals surface area (Å²) in [6.07, 6.45) is 3.94. The van der Waals surface area contributed by atoms with Crippen LogP contribution >= 0.6 is 0 Å². The van der Waals surface area contributed by atoms with Gasteiger partial charge in [-0.3, -0.25) is 0 Å². The summed E-state index contributed by atoms with van der Waals surface area (Å²) < 4.78 is 5.83. The lowest BCUT2D eigenvalue weighted by atomic mass is 10.2. The van der Waals surface area contributed by atoms with Crippen molar-refractivity contribution in [3.8, 4) is 0 Å². The van der Waals surface area contributed by atoms with Crippen molar-refractivity contribution in [3.05, 3.63) is 48.0 Å². The van der Waals surface area contributed by atoms with Gasteiger partial charge >= 0.3 is 0 Å². The third-order valence-electron chi connectivity index (χ3n) is 4.10. The van der Waals surface area contributed by atoms with Crippen LogP contribution in [0.2, 0.25) is 0 Å². The van der Waals surface area contributed by atoms with Crippen molar-refractivity contribution in [2.45, 2.75) is 38.8 Å². The zero-order valence-electron chi connectivity index (χ0n) is 12.7. The number of pyridine rings is 1. The summed E-state index contributed by atoms with van der Waals surface area (Å²) in [4.78, 5) is 6.76. The molecule has 0 spiro atoms. The van der Waals surface area contributed by atoms with Crippen molar-refractivity contribution in [2.24, 2.45) is 0 Å². The van der Waals surface area contributed by atoms with E-state index in [0.717, 1.165) is 43.3 Å². The minimum atomic E-state index is 0.249. The Hall–Kier alpha value is -1.81. The maximum atomic E-state index is 5.83. The van der Waals surface area contributed by atoms with Crippen LogP contribution in [0.3, 0.4) is 0 Å². The van der Waals surface area contributed by atoms with E-state index in [1.54, 1.807) is 0 Å². The molecule has 2 unspecified atom stereocenters. The molecule has 21 heavy (non-hydrogen) atoms. The van der Waals surface area contributed by atoms with Gasteiger partial charge in [0.05, 0.1) is 6.04 Å². The molecule has 1 N–H and O–H groups in total. The summed E-state index contributed by atoms with van der Waals surface area (Å²) in [6.45, 7) is 6.34. The molecule has 2 atom stereocenters.